The molecule has 0 bridgehead atoms. The van der Waals surface area contributed by atoms with Gasteiger partial charge in [0.2, 0.25) is 0 Å². The van der Waals surface area contributed by atoms with Crippen LogP contribution in [0.25, 0.3) is 0 Å². The molecule has 0 spiro atoms. The Morgan fingerprint density at radius 3 is 3.08 bits per heavy atom. The number of fused-ring (bicyclic) bond motifs is 1. The Hall–Kier alpha value is -1.23. The van der Waals surface area contributed by atoms with Crippen LogP contribution in [0.3, 0.4) is 0 Å². The van der Waals surface area contributed by atoms with Gasteiger partial charge in [-0.05, 0) is 24.3 Å². The summed E-state index contributed by atoms with van der Waals surface area (Å²) in [6, 6.07) is 4.04. The summed E-state index contributed by atoms with van der Waals surface area (Å²) < 4.78 is 0. The van der Waals surface area contributed by atoms with E-state index in [1.54, 1.807) is 0 Å². The molecule has 1 aromatic heterocycles. The van der Waals surface area contributed by atoms with E-state index in [0.29, 0.717) is 0 Å². The molecule has 12 heavy (non-hydrogen) atoms. The highest BCUT2D eigenvalue weighted by Crippen LogP contribution is 2.19. The molecule has 58 valence electrons. The van der Waals surface area contributed by atoms with Gasteiger partial charge in [0.25, 0.3) is 0 Å². The smallest absolute Gasteiger partial charge is 0.148 e. The zero-order valence-corrected chi connectivity index (χ0v) is 7.17. The van der Waals surface area contributed by atoms with Gasteiger partial charge in [-0.25, -0.2) is 4.98 Å². The van der Waals surface area contributed by atoms with E-state index in [1.807, 2.05) is 6.07 Å². The van der Waals surface area contributed by atoms with Crippen LogP contribution in [0.15, 0.2) is 12.1 Å². The monoisotopic (exact) mass is 155 g/mol. The molecule has 0 saturated carbocycles. The lowest BCUT2D eigenvalue weighted by Gasteiger charge is -1.97. The fraction of sp³-hybridized carbons (Fsp3) is 0.300. The van der Waals surface area contributed by atoms with Crippen LogP contribution in [0.2, 0.25) is 6.82 Å². The van der Waals surface area contributed by atoms with Crippen molar-refractivity contribution < 1.29 is 0 Å². The minimum atomic E-state index is 0.737. The Bertz CT molecular complexity index is 351. The Balaban J connectivity index is 2.44. The van der Waals surface area contributed by atoms with Gasteiger partial charge in [0.1, 0.15) is 12.4 Å². The third-order valence-electron chi connectivity index (χ3n) is 2.33. The van der Waals surface area contributed by atoms with Gasteiger partial charge in [-0.1, -0.05) is 18.8 Å². The number of hydrogen-bond donors (Lipinski definition) is 0. The molecule has 0 saturated heterocycles. The largest absolute Gasteiger partial charge is 0.245 e. The van der Waals surface area contributed by atoms with Crippen molar-refractivity contribution in [1.82, 2.24) is 4.98 Å². The summed E-state index contributed by atoms with van der Waals surface area (Å²) in [6.07, 6.45) is 7.51. The van der Waals surface area contributed by atoms with Gasteiger partial charge >= 0.3 is 0 Å². The molecule has 1 aliphatic heterocycles. The van der Waals surface area contributed by atoms with E-state index in [-0.39, 0.29) is 0 Å². The van der Waals surface area contributed by atoms with E-state index in [9.17, 15) is 0 Å². The molecule has 0 amide bonds. The molecule has 0 atom stereocenters. The Morgan fingerprint density at radius 1 is 1.50 bits per heavy atom. The van der Waals surface area contributed by atoms with E-state index < -0.39 is 0 Å². The number of aromatic nitrogens is 1. The fourth-order valence-electron chi connectivity index (χ4n) is 1.75. The zero-order chi connectivity index (χ0) is 8.55. The van der Waals surface area contributed by atoms with E-state index in [1.165, 1.54) is 11.3 Å². The zero-order valence-electron chi connectivity index (χ0n) is 7.17. The third kappa shape index (κ3) is 1.12. The maximum Gasteiger partial charge on any atom is 0.148 e. The molecule has 1 aliphatic rings. The highest BCUT2D eigenvalue weighted by Gasteiger charge is 2.21. The first-order valence-corrected chi connectivity index (χ1v) is 4.25. The van der Waals surface area contributed by atoms with Crippen molar-refractivity contribution in [2.45, 2.75) is 19.5 Å². The molecule has 1 aromatic rings. The van der Waals surface area contributed by atoms with Crippen LogP contribution in [0, 0.1) is 12.3 Å². The first-order chi connectivity index (χ1) is 5.79. The summed E-state index contributed by atoms with van der Waals surface area (Å²) in [5.74, 6) is 2.56. The predicted molar refractivity (Wildman–Crippen MR) is 51.2 cm³/mol. The average Bonchev–Trinajstić information content (AvgIpc) is 2.43. The van der Waals surface area contributed by atoms with Crippen molar-refractivity contribution in [1.29, 1.82) is 0 Å². The van der Waals surface area contributed by atoms with Crippen LogP contribution in [-0.4, -0.2) is 11.7 Å². The number of rotatable bonds is 0. The summed E-state index contributed by atoms with van der Waals surface area (Å²) >= 11 is 0. The van der Waals surface area contributed by atoms with Crippen molar-refractivity contribution >= 4 is 6.71 Å². The van der Waals surface area contributed by atoms with Gasteiger partial charge in [-0.3, -0.25) is 0 Å². The molecule has 0 aliphatic carbocycles. The first kappa shape index (κ1) is 7.43. The summed E-state index contributed by atoms with van der Waals surface area (Å²) in [5, 5.41) is 0. The van der Waals surface area contributed by atoms with Gasteiger partial charge in [0, 0.05) is 5.69 Å². The van der Waals surface area contributed by atoms with Gasteiger partial charge in [0.15, 0.2) is 0 Å². The molecule has 1 nitrogen and oxygen atoms in total. The van der Waals surface area contributed by atoms with Gasteiger partial charge in [0.05, 0.1) is 0 Å². The predicted octanol–water partition coefficient (Wildman–Crippen LogP) is 1.36. The summed E-state index contributed by atoms with van der Waals surface area (Å²) in [4.78, 5) is 4.39. The fourth-order valence-corrected chi connectivity index (χ4v) is 1.75. The second-order valence-electron chi connectivity index (χ2n) is 3.46. The first-order valence-electron chi connectivity index (χ1n) is 4.25. The standard InChI is InChI=1S/C10H10BN/c1-3-9-5-4-8-6-11(2)7-10(8)12-9/h1,4-5H,6-7H2,2H3. The number of terminal acetylenes is 1. The number of nitrogens with zero attached hydrogens (tertiary/aromatic N) is 1. The Morgan fingerprint density at radius 2 is 2.33 bits per heavy atom. The van der Waals surface area contributed by atoms with Crippen molar-refractivity contribution in [2.75, 3.05) is 0 Å². The van der Waals surface area contributed by atoms with Crippen molar-refractivity contribution in [3.63, 3.8) is 0 Å². The lowest BCUT2D eigenvalue weighted by molar-refractivity contribution is 1.13. The van der Waals surface area contributed by atoms with Crippen LogP contribution >= 0.6 is 0 Å². The molecule has 2 heteroatoms. The molecule has 0 aromatic carbocycles. The third-order valence-corrected chi connectivity index (χ3v) is 2.33. The second kappa shape index (κ2) is 2.67. The second-order valence-corrected chi connectivity index (χ2v) is 3.46. The van der Waals surface area contributed by atoms with E-state index in [2.05, 4.69) is 23.8 Å². The van der Waals surface area contributed by atoms with Crippen molar-refractivity contribution in [3.05, 3.63) is 29.1 Å². The molecule has 2 rings (SSSR count). The van der Waals surface area contributed by atoms with Crippen LogP contribution in [-0.2, 0) is 12.6 Å². The van der Waals surface area contributed by atoms with Crippen LogP contribution in [0.1, 0.15) is 17.0 Å². The van der Waals surface area contributed by atoms with Crippen LogP contribution in [0.5, 0.6) is 0 Å². The summed E-state index contributed by atoms with van der Waals surface area (Å²) in [5.41, 5.74) is 3.35. The quantitative estimate of drug-likeness (QED) is 0.407. The molecule has 0 fully saturated rings. The van der Waals surface area contributed by atoms with Crippen LogP contribution < -0.4 is 0 Å². The highest BCUT2D eigenvalue weighted by molar-refractivity contribution is 6.57. The lowest BCUT2D eigenvalue weighted by atomic mass is 9.50. The molecule has 0 unspecified atom stereocenters. The Kier molecular flexibility index (Phi) is 1.66. The number of hydrogen-bond acceptors (Lipinski definition) is 1. The van der Waals surface area contributed by atoms with Crippen molar-refractivity contribution in [3.8, 4) is 12.3 Å². The molecule has 0 radical (unpaired) electrons. The van der Waals surface area contributed by atoms with Gasteiger partial charge in [-0.15, -0.1) is 6.42 Å². The highest BCUT2D eigenvalue weighted by atomic mass is 14.7. The summed E-state index contributed by atoms with van der Waals surface area (Å²) in [6.45, 7) is 2.98. The normalized spacial score (nSPS) is 14.2. The van der Waals surface area contributed by atoms with Crippen molar-refractivity contribution in [2.24, 2.45) is 0 Å². The van der Waals surface area contributed by atoms with E-state index in [4.69, 9.17) is 6.42 Å². The van der Waals surface area contributed by atoms with E-state index >= 15 is 0 Å². The van der Waals surface area contributed by atoms with Crippen LogP contribution in [0.4, 0.5) is 0 Å². The van der Waals surface area contributed by atoms with E-state index in [0.717, 1.165) is 25.0 Å². The molecular weight excluding hydrogens is 145 g/mol. The maximum absolute atomic E-state index is 5.27. The summed E-state index contributed by atoms with van der Waals surface area (Å²) in [7, 11) is 0. The topological polar surface area (TPSA) is 12.9 Å². The average molecular weight is 155 g/mol. The Labute approximate surface area is 73.3 Å². The maximum atomic E-state index is 5.27. The molecule has 2 heterocycles. The SMILES string of the molecule is C#Cc1ccc2c(n1)CB(C)C2. The van der Waals surface area contributed by atoms with Gasteiger partial charge < -0.3 is 0 Å². The molecule has 0 N–H and O–H groups in total. The lowest BCUT2D eigenvalue weighted by Crippen LogP contribution is -2.06. The van der Waals surface area contributed by atoms with Gasteiger partial charge in [-0.2, -0.15) is 0 Å². The number of pyridine rings is 1. The minimum absolute atomic E-state index is 0.737. The minimum Gasteiger partial charge on any atom is -0.245 e. The molecular formula is C10H10BN.